The van der Waals surface area contributed by atoms with Crippen LogP contribution in [0.25, 0.3) is 0 Å². The van der Waals surface area contributed by atoms with Crippen LogP contribution in [0.3, 0.4) is 0 Å². The van der Waals surface area contributed by atoms with Crippen LogP contribution >= 0.6 is 0 Å². The number of carbonyl (C=O) groups is 2. The maximum Gasteiger partial charge on any atom is 0.341 e. The first-order valence-electron chi connectivity index (χ1n) is 7.49. The van der Waals surface area contributed by atoms with E-state index in [9.17, 15) is 9.59 Å². The van der Waals surface area contributed by atoms with Gasteiger partial charge in [-0.1, -0.05) is 27.7 Å². The van der Waals surface area contributed by atoms with Crippen LogP contribution in [0.5, 0.6) is 0 Å². The first-order valence-corrected chi connectivity index (χ1v) is 7.49. The van der Waals surface area contributed by atoms with Gasteiger partial charge in [0.15, 0.2) is 0 Å². The molecule has 2 unspecified atom stereocenters. The number of hydrogen-bond acceptors (Lipinski definition) is 6. The molecule has 0 saturated heterocycles. The third-order valence-corrected chi connectivity index (χ3v) is 3.60. The Morgan fingerprint density at radius 2 is 1.05 bits per heavy atom. The van der Waals surface area contributed by atoms with E-state index in [4.69, 9.17) is 18.9 Å². The molecule has 0 aromatic rings. The van der Waals surface area contributed by atoms with Crippen LogP contribution in [-0.4, -0.2) is 50.6 Å². The summed E-state index contributed by atoms with van der Waals surface area (Å²) in [5.41, 5.74) is -3.21. The van der Waals surface area contributed by atoms with Gasteiger partial charge in [-0.15, -0.1) is 0 Å². The zero-order chi connectivity index (χ0) is 17.6. The van der Waals surface area contributed by atoms with Gasteiger partial charge < -0.3 is 18.9 Å². The number of rotatable bonds is 9. The highest BCUT2D eigenvalue weighted by atomic mass is 16.6. The maximum absolute atomic E-state index is 12.4. The average Bonchev–Trinajstić information content (AvgIpc) is 2.47. The van der Waals surface area contributed by atoms with E-state index >= 15 is 0 Å². The lowest BCUT2D eigenvalue weighted by Gasteiger charge is -2.40. The van der Waals surface area contributed by atoms with Crippen molar-refractivity contribution in [2.45, 2.75) is 52.7 Å². The highest BCUT2D eigenvalue weighted by Gasteiger charge is 2.59. The average molecular weight is 318 g/mol. The molecule has 0 N–H and O–H groups in total. The molecule has 0 aromatic heterocycles. The lowest BCUT2D eigenvalue weighted by atomic mass is 9.85. The van der Waals surface area contributed by atoms with E-state index in [1.54, 1.807) is 0 Å². The summed E-state index contributed by atoms with van der Waals surface area (Å²) in [4.78, 5) is 24.8. The van der Waals surface area contributed by atoms with Crippen molar-refractivity contribution in [1.29, 1.82) is 0 Å². The summed E-state index contributed by atoms with van der Waals surface area (Å²) in [6.07, 6.45) is 0. The van der Waals surface area contributed by atoms with Crippen LogP contribution in [0.1, 0.15) is 41.5 Å². The maximum atomic E-state index is 12.4. The molecule has 22 heavy (non-hydrogen) atoms. The summed E-state index contributed by atoms with van der Waals surface area (Å²) in [6.45, 7) is 11.1. The Morgan fingerprint density at radius 1 is 0.773 bits per heavy atom. The lowest BCUT2D eigenvalue weighted by molar-refractivity contribution is -0.218. The molecule has 6 nitrogen and oxygen atoms in total. The summed E-state index contributed by atoms with van der Waals surface area (Å²) < 4.78 is 21.1. The summed E-state index contributed by atoms with van der Waals surface area (Å²) in [7, 11) is 2.67. The highest BCUT2D eigenvalue weighted by molar-refractivity contribution is 5.92. The molecule has 0 aliphatic rings. The van der Waals surface area contributed by atoms with Crippen LogP contribution in [-0.2, 0) is 28.5 Å². The minimum absolute atomic E-state index is 0.173. The molecule has 0 bridgehead atoms. The Bertz CT molecular complexity index is 343. The molecule has 2 atom stereocenters. The largest absolute Gasteiger partial charge is 0.463 e. The Kier molecular flexibility index (Phi) is 8.04. The Hall–Kier alpha value is -1.14. The van der Waals surface area contributed by atoms with Gasteiger partial charge in [-0.3, -0.25) is 0 Å². The van der Waals surface area contributed by atoms with Crippen molar-refractivity contribution in [3.8, 4) is 0 Å². The van der Waals surface area contributed by atoms with Crippen molar-refractivity contribution in [1.82, 2.24) is 0 Å². The standard InChI is InChI=1S/C16H30O6/c1-11(2)9-21-13(17)15(5,19-7)16(6,20-8)14(18)22-10-12(3)4/h11-12H,9-10H2,1-8H3. The number of hydrogen-bond donors (Lipinski definition) is 0. The number of carbonyl (C=O) groups excluding carboxylic acids is 2. The van der Waals surface area contributed by atoms with Gasteiger partial charge in [0.1, 0.15) is 0 Å². The fourth-order valence-electron chi connectivity index (χ4n) is 1.71. The molecule has 6 heteroatoms. The predicted molar refractivity (Wildman–Crippen MR) is 82.4 cm³/mol. The van der Waals surface area contributed by atoms with E-state index in [0.717, 1.165) is 0 Å². The van der Waals surface area contributed by atoms with Gasteiger partial charge >= 0.3 is 11.9 Å². The lowest BCUT2D eigenvalue weighted by Crippen LogP contribution is -2.63. The fraction of sp³-hybridized carbons (Fsp3) is 0.875. The molecule has 0 aliphatic carbocycles. The topological polar surface area (TPSA) is 71.1 Å². The van der Waals surface area contributed by atoms with Gasteiger partial charge in [0.2, 0.25) is 11.2 Å². The van der Waals surface area contributed by atoms with E-state index in [0.29, 0.717) is 0 Å². The van der Waals surface area contributed by atoms with E-state index in [1.807, 2.05) is 27.7 Å². The van der Waals surface area contributed by atoms with E-state index < -0.39 is 23.1 Å². The van der Waals surface area contributed by atoms with E-state index in [-0.39, 0.29) is 25.0 Å². The normalized spacial score (nSPS) is 17.0. The predicted octanol–water partition coefficient (Wildman–Crippen LogP) is 2.20. The second-order valence-corrected chi connectivity index (χ2v) is 6.46. The zero-order valence-corrected chi connectivity index (χ0v) is 15.0. The fourth-order valence-corrected chi connectivity index (χ4v) is 1.71. The number of methoxy groups -OCH3 is 2. The first-order chi connectivity index (χ1) is 10.0. The van der Waals surface area contributed by atoms with Crippen molar-refractivity contribution in [3.63, 3.8) is 0 Å². The van der Waals surface area contributed by atoms with E-state index in [1.165, 1.54) is 28.1 Å². The van der Waals surface area contributed by atoms with Crippen LogP contribution < -0.4 is 0 Å². The molecule has 0 radical (unpaired) electrons. The first kappa shape index (κ1) is 20.9. The van der Waals surface area contributed by atoms with Crippen LogP contribution in [0.4, 0.5) is 0 Å². The van der Waals surface area contributed by atoms with Gasteiger partial charge in [0, 0.05) is 14.2 Å². The summed E-state index contributed by atoms with van der Waals surface area (Å²) in [5.74, 6) is -0.970. The summed E-state index contributed by atoms with van der Waals surface area (Å²) >= 11 is 0. The minimum Gasteiger partial charge on any atom is -0.463 e. The quantitative estimate of drug-likeness (QED) is 0.607. The third-order valence-electron chi connectivity index (χ3n) is 3.60. The third kappa shape index (κ3) is 4.68. The Morgan fingerprint density at radius 3 is 1.23 bits per heavy atom. The van der Waals surface area contributed by atoms with Crippen molar-refractivity contribution in [2.24, 2.45) is 11.8 Å². The summed E-state index contributed by atoms with van der Waals surface area (Å²) in [6, 6.07) is 0. The molecule has 0 saturated carbocycles. The monoisotopic (exact) mass is 318 g/mol. The van der Waals surface area contributed by atoms with Crippen molar-refractivity contribution >= 4 is 11.9 Å². The molecule has 0 aliphatic heterocycles. The molecular weight excluding hydrogens is 288 g/mol. The van der Waals surface area contributed by atoms with Gasteiger partial charge in [0.25, 0.3) is 0 Å². The van der Waals surface area contributed by atoms with Gasteiger partial charge in [0.05, 0.1) is 13.2 Å². The Labute approximate surface area is 133 Å². The molecule has 130 valence electrons. The van der Waals surface area contributed by atoms with E-state index in [2.05, 4.69) is 0 Å². The highest BCUT2D eigenvalue weighted by Crippen LogP contribution is 2.32. The van der Waals surface area contributed by atoms with Gasteiger partial charge in [-0.25, -0.2) is 9.59 Å². The Balaban J connectivity index is 5.32. The van der Waals surface area contributed by atoms with Crippen LogP contribution in [0.15, 0.2) is 0 Å². The molecule has 0 aromatic carbocycles. The number of ether oxygens (including phenoxy) is 4. The SMILES string of the molecule is COC(C)(C(=O)OCC(C)C)C(C)(OC)C(=O)OCC(C)C. The summed E-state index contributed by atoms with van der Waals surface area (Å²) in [5, 5.41) is 0. The van der Waals surface area contributed by atoms with Crippen molar-refractivity contribution in [2.75, 3.05) is 27.4 Å². The molecule has 0 spiro atoms. The van der Waals surface area contributed by atoms with Gasteiger partial charge in [-0.05, 0) is 25.7 Å². The molecule has 0 fully saturated rings. The molecule has 0 heterocycles. The second-order valence-electron chi connectivity index (χ2n) is 6.46. The molecular formula is C16H30O6. The second kappa shape index (κ2) is 8.48. The number of esters is 2. The minimum atomic E-state index is -1.61. The zero-order valence-electron chi connectivity index (χ0n) is 15.0. The molecule has 0 amide bonds. The van der Waals surface area contributed by atoms with Crippen LogP contribution in [0, 0.1) is 11.8 Å². The van der Waals surface area contributed by atoms with Crippen molar-refractivity contribution < 1.29 is 28.5 Å². The van der Waals surface area contributed by atoms with Gasteiger partial charge in [-0.2, -0.15) is 0 Å². The van der Waals surface area contributed by atoms with Crippen molar-refractivity contribution in [3.05, 3.63) is 0 Å². The smallest absolute Gasteiger partial charge is 0.341 e. The molecule has 0 rings (SSSR count). The van der Waals surface area contributed by atoms with Crippen LogP contribution in [0.2, 0.25) is 0 Å².